The Kier molecular flexibility index (Phi) is 7.95. The summed E-state index contributed by atoms with van der Waals surface area (Å²) in [6, 6.07) is 7.77. The topological polar surface area (TPSA) is 52.6 Å². The van der Waals surface area contributed by atoms with Crippen LogP contribution < -0.4 is 4.74 Å². The molecule has 0 saturated heterocycles. The first-order chi connectivity index (χ1) is 9.51. The van der Waals surface area contributed by atoms with Crippen molar-refractivity contribution in [3.63, 3.8) is 0 Å². The number of methoxy groups -OCH3 is 1. The Labute approximate surface area is 125 Å². The molecule has 0 aliphatic rings. The third kappa shape index (κ3) is 8.40. The van der Waals surface area contributed by atoms with E-state index >= 15 is 0 Å². The highest BCUT2D eigenvalue weighted by atomic mass is 35.7. The predicted octanol–water partition coefficient (Wildman–Crippen LogP) is 3.34. The van der Waals surface area contributed by atoms with Crippen LogP contribution in [-0.2, 0) is 20.4 Å². The number of unbranched alkanes of at least 4 members (excludes halogenated alkanes) is 3. The van der Waals surface area contributed by atoms with Gasteiger partial charge in [-0.15, -0.1) is 0 Å². The van der Waals surface area contributed by atoms with E-state index in [-0.39, 0.29) is 5.75 Å². The van der Waals surface area contributed by atoms with Crippen LogP contribution in [0.3, 0.4) is 0 Å². The molecule has 0 aliphatic carbocycles. The molecule has 1 aromatic carbocycles. The molecular weight excluding hydrogens is 300 g/mol. The minimum atomic E-state index is -3.33. The highest BCUT2D eigenvalue weighted by Gasteiger charge is 2.03. The fraction of sp³-hybridized carbons (Fsp3) is 0.571. The van der Waals surface area contributed by atoms with Crippen LogP contribution in [0, 0.1) is 0 Å². The molecule has 0 amide bonds. The number of benzene rings is 1. The van der Waals surface area contributed by atoms with E-state index in [1.807, 2.05) is 24.3 Å². The Bertz CT molecular complexity index is 470. The summed E-state index contributed by atoms with van der Waals surface area (Å²) in [7, 11) is 3.43. The third-order valence-electron chi connectivity index (χ3n) is 2.85. The van der Waals surface area contributed by atoms with E-state index in [0.717, 1.165) is 30.6 Å². The van der Waals surface area contributed by atoms with Crippen molar-refractivity contribution in [3.8, 4) is 5.75 Å². The van der Waals surface area contributed by atoms with Crippen molar-refractivity contribution in [3.05, 3.63) is 29.8 Å². The van der Waals surface area contributed by atoms with Gasteiger partial charge in [0.25, 0.3) is 0 Å². The Morgan fingerprint density at radius 1 is 1.05 bits per heavy atom. The molecule has 4 nitrogen and oxygen atoms in total. The van der Waals surface area contributed by atoms with Gasteiger partial charge in [-0.1, -0.05) is 25.0 Å². The van der Waals surface area contributed by atoms with Crippen LogP contribution in [0.1, 0.15) is 31.2 Å². The van der Waals surface area contributed by atoms with Gasteiger partial charge in [0.2, 0.25) is 9.05 Å². The fourth-order valence-corrected chi connectivity index (χ4v) is 2.62. The third-order valence-corrected chi connectivity index (χ3v) is 4.09. The van der Waals surface area contributed by atoms with E-state index in [4.69, 9.17) is 20.2 Å². The minimum Gasteiger partial charge on any atom is -0.497 e. The normalized spacial score (nSPS) is 11.5. The molecule has 1 rings (SSSR count). The lowest BCUT2D eigenvalue weighted by molar-refractivity contribution is 0.117. The zero-order valence-electron chi connectivity index (χ0n) is 11.7. The fourth-order valence-electron chi connectivity index (χ4n) is 1.74. The molecular formula is C14H21ClO4S. The van der Waals surface area contributed by atoms with E-state index in [1.165, 1.54) is 0 Å². The molecule has 20 heavy (non-hydrogen) atoms. The average Bonchev–Trinajstić information content (AvgIpc) is 2.41. The highest BCUT2D eigenvalue weighted by Crippen LogP contribution is 2.12. The van der Waals surface area contributed by atoms with Crippen molar-refractivity contribution in [2.45, 2.75) is 32.3 Å². The number of hydrogen-bond donors (Lipinski definition) is 0. The largest absolute Gasteiger partial charge is 0.497 e. The van der Waals surface area contributed by atoms with Crippen LogP contribution in [0.5, 0.6) is 5.75 Å². The molecule has 0 fully saturated rings. The van der Waals surface area contributed by atoms with E-state index < -0.39 is 9.05 Å². The Balaban J connectivity index is 2.01. The zero-order chi connectivity index (χ0) is 14.8. The number of hydrogen-bond acceptors (Lipinski definition) is 4. The number of ether oxygens (including phenoxy) is 2. The molecule has 0 aliphatic heterocycles. The molecule has 1 aromatic rings. The van der Waals surface area contributed by atoms with Crippen LogP contribution in [0.15, 0.2) is 24.3 Å². The molecule has 114 valence electrons. The molecule has 0 radical (unpaired) electrons. The maximum Gasteiger partial charge on any atom is 0.232 e. The zero-order valence-corrected chi connectivity index (χ0v) is 13.3. The van der Waals surface area contributed by atoms with Crippen LogP contribution >= 0.6 is 10.7 Å². The van der Waals surface area contributed by atoms with Crippen molar-refractivity contribution in [2.24, 2.45) is 0 Å². The monoisotopic (exact) mass is 320 g/mol. The highest BCUT2D eigenvalue weighted by molar-refractivity contribution is 8.13. The average molecular weight is 321 g/mol. The molecule has 0 aromatic heterocycles. The summed E-state index contributed by atoms with van der Waals surface area (Å²) in [5.74, 6) is 0.893. The van der Waals surface area contributed by atoms with E-state index in [1.54, 1.807) is 7.11 Å². The van der Waals surface area contributed by atoms with Gasteiger partial charge >= 0.3 is 0 Å². The van der Waals surface area contributed by atoms with E-state index in [9.17, 15) is 8.42 Å². The van der Waals surface area contributed by atoms with Gasteiger partial charge in [-0.25, -0.2) is 8.42 Å². The molecule has 0 atom stereocenters. The Morgan fingerprint density at radius 2 is 1.70 bits per heavy atom. The quantitative estimate of drug-likeness (QED) is 0.490. The summed E-state index contributed by atoms with van der Waals surface area (Å²) in [6.45, 7) is 1.26. The summed E-state index contributed by atoms with van der Waals surface area (Å²) < 4.78 is 32.0. The van der Waals surface area contributed by atoms with Crippen molar-refractivity contribution in [1.29, 1.82) is 0 Å². The smallest absolute Gasteiger partial charge is 0.232 e. The maximum atomic E-state index is 10.7. The first kappa shape index (κ1) is 17.3. The standard InChI is InChI=1S/C14H21ClO4S/c1-18-14-8-6-13(7-9-14)12-19-10-4-2-3-5-11-20(15,16)17/h6-9H,2-5,10-12H2,1H3. The van der Waals surface area contributed by atoms with Crippen LogP contribution in [0.2, 0.25) is 0 Å². The van der Waals surface area contributed by atoms with Crippen LogP contribution in [0.4, 0.5) is 0 Å². The van der Waals surface area contributed by atoms with E-state index in [0.29, 0.717) is 19.6 Å². The molecule has 6 heteroatoms. The first-order valence-electron chi connectivity index (χ1n) is 6.64. The molecule has 0 saturated carbocycles. The van der Waals surface area contributed by atoms with Gasteiger partial charge in [-0.3, -0.25) is 0 Å². The number of rotatable bonds is 10. The summed E-state index contributed by atoms with van der Waals surface area (Å²) in [5, 5.41) is 0. The Hall–Kier alpha value is -0.780. The lowest BCUT2D eigenvalue weighted by Gasteiger charge is -2.05. The predicted molar refractivity (Wildman–Crippen MR) is 80.8 cm³/mol. The summed E-state index contributed by atoms with van der Waals surface area (Å²) in [5.41, 5.74) is 1.11. The SMILES string of the molecule is COc1ccc(COCCCCCCS(=O)(=O)Cl)cc1. The molecule has 0 unspecified atom stereocenters. The second kappa shape index (κ2) is 9.21. The van der Waals surface area contributed by atoms with Crippen LogP contribution in [0.25, 0.3) is 0 Å². The first-order valence-corrected chi connectivity index (χ1v) is 9.12. The number of halogens is 1. The van der Waals surface area contributed by atoms with Gasteiger partial charge < -0.3 is 9.47 Å². The van der Waals surface area contributed by atoms with Gasteiger partial charge in [0, 0.05) is 17.3 Å². The lowest BCUT2D eigenvalue weighted by Crippen LogP contribution is -1.98. The molecule has 0 spiro atoms. The van der Waals surface area contributed by atoms with Crippen LogP contribution in [-0.4, -0.2) is 27.9 Å². The summed E-state index contributed by atoms with van der Waals surface area (Å²) in [4.78, 5) is 0. The second-order valence-corrected chi connectivity index (χ2v) is 7.45. The maximum absolute atomic E-state index is 10.7. The van der Waals surface area contributed by atoms with Gasteiger partial charge in [0.1, 0.15) is 5.75 Å². The van der Waals surface area contributed by atoms with Gasteiger partial charge in [-0.2, -0.15) is 0 Å². The lowest BCUT2D eigenvalue weighted by atomic mass is 10.2. The molecule has 0 heterocycles. The summed E-state index contributed by atoms with van der Waals surface area (Å²) in [6.07, 6.45) is 3.36. The van der Waals surface area contributed by atoms with Crippen molar-refractivity contribution in [1.82, 2.24) is 0 Å². The second-order valence-electron chi connectivity index (χ2n) is 4.56. The Morgan fingerprint density at radius 3 is 2.30 bits per heavy atom. The van der Waals surface area contributed by atoms with Gasteiger partial charge in [0.05, 0.1) is 19.5 Å². The van der Waals surface area contributed by atoms with Gasteiger partial charge in [0.15, 0.2) is 0 Å². The van der Waals surface area contributed by atoms with E-state index in [2.05, 4.69) is 0 Å². The van der Waals surface area contributed by atoms with Gasteiger partial charge in [-0.05, 0) is 30.5 Å². The van der Waals surface area contributed by atoms with Crippen molar-refractivity contribution < 1.29 is 17.9 Å². The molecule has 0 N–H and O–H groups in total. The summed E-state index contributed by atoms with van der Waals surface area (Å²) >= 11 is 0. The van der Waals surface area contributed by atoms with Crippen molar-refractivity contribution >= 4 is 19.7 Å². The van der Waals surface area contributed by atoms with Crippen molar-refractivity contribution in [2.75, 3.05) is 19.5 Å². The molecule has 0 bridgehead atoms. The minimum absolute atomic E-state index is 0.0568.